The molecule has 0 aliphatic carbocycles. The lowest BCUT2D eigenvalue weighted by atomic mass is 10.0. The molecule has 3 N–H and O–H groups in total. The Morgan fingerprint density at radius 3 is 2.76 bits per heavy atom. The van der Waals surface area contributed by atoms with Crippen LogP contribution in [0.1, 0.15) is 28.5 Å². The molecule has 1 unspecified atom stereocenters. The number of benzene rings is 1. The van der Waals surface area contributed by atoms with Crippen LogP contribution >= 0.6 is 36.2 Å². The van der Waals surface area contributed by atoms with E-state index in [9.17, 15) is 4.79 Å². The lowest BCUT2D eigenvalue weighted by Crippen LogP contribution is -2.38. The van der Waals surface area contributed by atoms with E-state index in [-0.39, 0.29) is 36.8 Å². The van der Waals surface area contributed by atoms with Gasteiger partial charge in [0.2, 0.25) is 5.91 Å². The minimum absolute atomic E-state index is 0. The Bertz CT molecular complexity index is 651. The number of hydrogen-bond acceptors (Lipinski definition) is 4. The standard InChI is InChI=1S/C18H23N3OS.2ClH/c19-16(14-4-2-1-3-5-14)12-18(22)20-8-10-21-9-6-17-15(13-21)7-11-23-17;;/h1-5,7,11,16H,6,8-10,12-13,19H2,(H,20,22);2*1H. The van der Waals surface area contributed by atoms with Crippen molar-refractivity contribution in [3.05, 3.63) is 57.8 Å². The molecule has 0 saturated carbocycles. The van der Waals surface area contributed by atoms with E-state index in [4.69, 9.17) is 5.73 Å². The fraction of sp³-hybridized carbons (Fsp3) is 0.389. The van der Waals surface area contributed by atoms with Crippen molar-refractivity contribution in [3.63, 3.8) is 0 Å². The number of carbonyl (C=O) groups excluding carboxylic acids is 1. The predicted octanol–water partition coefficient (Wildman–Crippen LogP) is 3.16. The second-order valence-corrected chi connectivity index (χ2v) is 6.97. The quantitative estimate of drug-likeness (QED) is 0.781. The number of rotatable bonds is 6. The van der Waals surface area contributed by atoms with Crippen molar-refractivity contribution in [3.8, 4) is 0 Å². The van der Waals surface area contributed by atoms with Gasteiger partial charge in [-0.25, -0.2) is 0 Å². The van der Waals surface area contributed by atoms with Crippen molar-refractivity contribution < 1.29 is 4.79 Å². The van der Waals surface area contributed by atoms with Crippen LogP contribution in [0.25, 0.3) is 0 Å². The maximum atomic E-state index is 12.0. The number of amides is 1. The van der Waals surface area contributed by atoms with Crippen LogP contribution in [0, 0.1) is 0 Å². The summed E-state index contributed by atoms with van der Waals surface area (Å²) in [5.41, 5.74) is 8.53. The average molecular weight is 402 g/mol. The third kappa shape index (κ3) is 6.28. The molecule has 2 heterocycles. The number of fused-ring (bicyclic) bond motifs is 1. The van der Waals surface area contributed by atoms with Gasteiger partial charge in [-0.2, -0.15) is 0 Å². The zero-order valence-electron chi connectivity index (χ0n) is 14.0. The third-order valence-corrected chi connectivity index (χ3v) is 5.29. The lowest BCUT2D eigenvalue weighted by molar-refractivity contribution is -0.121. The van der Waals surface area contributed by atoms with Crippen LogP contribution in [0.5, 0.6) is 0 Å². The highest BCUT2D eigenvalue weighted by Crippen LogP contribution is 2.23. The van der Waals surface area contributed by atoms with Gasteiger partial charge in [0.15, 0.2) is 0 Å². The molecule has 3 rings (SSSR count). The molecule has 1 aromatic carbocycles. The summed E-state index contributed by atoms with van der Waals surface area (Å²) >= 11 is 1.85. The van der Waals surface area contributed by atoms with Gasteiger partial charge in [0.25, 0.3) is 0 Å². The van der Waals surface area contributed by atoms with Crippen LogP contribution in [0.2, 0.25) is 0 Å². The zero-order chi connectivity index (χ0) is 16.1. The van der Waals surface area contributed by atoms with Crippen LogP contribution in [0.4, 0.5) is 0 Å². The van der Waals surface area contributed by atoms with Gasteiger partial charge in [0.05, 0.1) is 0 Å². The van der Waals surface area contributed by atoms with Gasteiger partial charge in [0, 0.05) is 43.5 Å². The maximum absolute atomic E-state index is 12.0. The Balaban J connectivity index is 0.00000156. The van der Waals surface area contributed by atoms with Crippen LogP contribution in [0.15, 0.2) is 41.8 Å². The van der Waals surface area contributed by atoms with E-state index >= 15 is 0 Å². The molecule has 2 aromatic rings. The minimum Gasteiger partial charge on any atom is -0.355 e. The second-order valence-electron chi connectivity index (χ2n) is 5.97. The molecule has 1 aromatic heterocycles. The van der Waals surface area contributed by atoms with Crippen LogP contribution in [0.3, 0.4) is 0 Å². The first kappa shape index (κ1) is 21.9. The molecule has 1 amide bonds. The van der Waals surface area contributed by atoms with E-state index in [1.807, 2.05) is 41.7 Å². The molecule has 0 fully saturated rings. The van der Waals surface area contributed by atoms with Crippen molar-refractivity contribution in [2.24, 2.45) is 5.73 Å². The van der Waals surface area contributed by atoms with Crippen molar-refractivity contribution >= 4 is 42.1 Å². The van der Waals surface area contributed by atoms with Gasteiger partial charge >= 0.3 is 0 Å². The number of nitrogens with two attached hydrogens (primary N) is 1. The largest absolute Gasteiger partial charge is 0.355 e. The molecular formula is C18H25Cl2N3OS. The van der Waals surface area contributed by atoms with E-state index in [0.29, 0.717) is 13.0 Å². The number of thiophene rings is 1. The van der Waals surface area contributed by atoms with Crippen LogP contribution < -0.4 is 11.1 Å². The van der Waals surface area contributed by atoms with Crippen LogP contribution in [-0.2, 0) is 17.8 Å². The summed E-state index contributed by atoms with van der Waals surface area (Å²) in [7, 11) is 0. The van der Waals surface area contributed by atoms with E-state index in [1.165, 1.54) is 10.4 Å². The van der Waals surface area contributed by atoms with Crippen LogP contribution in [-0.4, -0.2) is 30.4 Å². The molecule has 1 atom stereocenters. The number of nitrogens with zero attached hydrogens (tertiary/aromatic N) is 1. The normalized spacial score (nSPS) is 14.6. The van der Waals surface area contributed by atoms with Crippen molar-refractivity contribution in [1.29, 1.82) is 0 Å². The first-order valence-electron chi connectivity index (χ1n) is 8.07. The minimum atomic E-state index is -0.237. The van der Waals surface area contributed by atoms with E-state index < -0.39 is 0 Å². The van der Waals surface area contributed by atoms with Crippen molar-refractivity contribution in [2.45, 2.75) is 25.4 Å². The predicted molar refractivity (Wildman–Crippen MR) is 109 cm³/mol. The Hall–Kier alpha value is -1.11. The fourth-order valence-electron chi connectivity index (χ4n) is 2.94. The van der Waals surface area contributed by atoms with Gasteiger partial charge in [-0.15, -0.1) is 36.2 Å². The first-order valence-corrected chi connectivity index (χ1v) is 8.95. The van der Waals surface area contributed by atoms with Gasteiger partial charge in [-0.3, -0.25) is 9.69 Å². The summed E-state index contributed by atoms with van der Waals surface area (Å²) in [4.78, 5) is 15.9. The third-order valence-electron chi connectivity index (χ3n) is 4.27. The molecule has 7 heteroatoms. The smallest absolute Gasteiger partial charge is 0.221 e. The summed E-state index contributed by atoms with van der Waals surface area (Å²) in [6.45, 7) is 3.65. The number of nitrogens with one attached hydrogen (secondary N) is 1. The first-order chi connectivity index (χ1) is 11.2. The van der Waals surface area contributed by atoms with E-state index in [1.54, 1.807) is 0 Å². The number of halogens is 2. The molecule has 1 aliphatic rings. The summed E-state index contributed by atoms with van der Waals surface area (Å²) in [5, 5.41) is 5.16. The molecular weight excluding hydrogens is 377 g/mol. The lowest BCUT2D eigenvalue weighted by Gasteiger charge is -2.26. The van der Waals surface area contributed by atoms with Gasteiger partial charge in [-0.1, -0.05) is 30.3 Å². The zero-order valence-corrected chi connectivity index (χ0v) is 16.5. The molecule has 25 heavy (non-hydrogen) atoms. The van der Waals surface area contributed by atoms with Crippen molar-refractivity contribution in [1.82, 2.24) is 10.2 Å². The molecule has 0 radical (unpaired) electrons. The molecule has 1 aliphatic heterocycles. The van der Waals surface area contributed by atoms with E-state index in [0.717, 1.165) is 31.6 Å². The molecule has 4 nitrogen and oxygen atoms in total. The Kier molecular flexibility index (Phi) is 9.46. The van der Waals surface area contributed by atoms with Gasteiger partial charge in [0.1, 0.15) is 0 Å². The number of carbonyl (C=O) groups is 1. The summed E-state index contributed by atoms with van der Waals surface area (Å²) in [6.07, 6.45) is 1.46. The van der Waals surface area contributed by atoms with Gasteiger partial charge < -0.3 is 11.1 Å². The maximum Gasteiger partial charge on any atom is 0.221 e. The Morgan fingerprint density at radius 2 is 2.00 bits per heavy atom. The highest BCUT2D eigenvalue weighted by Gasteiger charge is 2.17. The fourth-order valence-corrected chi connectivity index (χ4v) is 3.83. The highest BCUT2D eigenvalue weighted by atomic mass is 35.5. The summed E-state index contributed by atoms with van der Waals surface area (Å²) in [5.74, 6) is 0.0228. The SMILES string of the molecule is Cl.Cl.NC(CC(=O)NCCN1CCc2sccc2C1)c1ccccc1. The molecule has 0 saturated heterocycles. The molecule has 138 valence electrons. The second kappa shape index (κ2) is 10.8. The highest BCUT2D eigenvalue weighted by molar-refractivity contribution is 7.10. The van der Waals surface area contributed by atoms with E-state index in [2.05, 4.69) is 21.7 Å². The Morgan fingerprint density at radius 1 is 1.24 bits per heavy atom. The monoisotopic (exact) mass is 401 g/mol. The summed E-state index contributed by atoms with van der Waals surface area (Å²) in [6, 6.07) is 11.7. The Labute approximate surface area is 165 Å². The topological polar surface area (TPSA) is 58.4 Å². The molecule has 0 spiro atoms. The van der Waals surface area contributed by atoms with Gasteiger partial charge in [-0.05, 0) is 29.0 Å². The average Bonchev–Trinajstić information content (AvgIpc) is 3.03. The number of hydrogen-bond donors (Lipinski definition) is 2. The molecule has 0 bridgehead atoms. The summed E-state index contributed by atoms with van der Waals surface area (Å²) < 4.78 is 0. The van der Waals surface area contributed by atoms with Crippen molar-refractivity contribution in [2.75, 3.05) is 19.6 Å².